The van der Waals surface area contributed by atoms with Crippen molar-refractivity contribution in [2.45, 2.75) is 38.8 Å². The van der Waals surface area contributed by atoms with E-state index in [1.165, 1.54) is 0 Å². The van der Waals surface area contributed by atoms with Crippen molar-refractivity contribution in [1.29, 1.82) is 0 Å². The van der Waals surface area contributed by atoms with E-state index in [1.807, 2.05) is 31.3 Å². The molecule has 0 N–H and O–H groups in total. The number of amides is 1. The average molecular weight is 493 g/mol. The van der Waals surface area contributed by atoms with E-state index in [-0.39, 0.29) is 5.91 Å². The van der Waals surface area contributed by atoms with Crippen molar-refractivity contribution >= 4 is 23.5 Å². The first-order valence-electron chi connectivity index (χ1n) is 12.0. The van der Waals surface area contributed by atoms with E-state index in [4.69, 9.17) is 11.6 Å². The Hall–Kier alpha value is -3.04. The van der Waals surface area contributed by atoms with E-state index >= 15 is 0 Å². The Bertz CT molecular complexity index is 1290. The summed E-state index contributed by atoms with van der Waals surface area (Å²) in [6.07, 6.45) is 4.00. The summed E-state index contributed by atoms with van der Waals surface area (Å²) in [4.78, 5) is 27.5. The molecule has 2 fully saturated rings. The zero-order valence-electron chi connectivity index (χ0n) is 20.3. The number of hydrogen-bond acceptors (Lipinski definition) is 7. The fourth-order valence-corrected chi connectivity index (χ4v) is 5.91. The minimum absolute atomic E-state index is 0.0647. The number of fused-ring (bicyclic) bond motifs is 3. The number of benzene rings is 1. The minimum Gasteiger partial charge on any atom is -0.348 e. The molecule has 182 valence electrons. The van der Waals surface area contributed by atoms with Crippen LogP contribution >= 0.6 is 11.6 Å². The minimum atomic E-state index is 0.0647. The molecule has 4 heterocycles. The molecule has 3 aromatic rings. The van der Waals surface area contributed by atoms with Gasteiger partial charge in [0.2, 0.25) is 11.9 Å². The molecule has 0 bridgehead atoms. The first kappa shape index (κ1) is 22.4. The van der Waals surface area contributed by atoms with E-state index in [1.54, 1.807) is 19.0 Å². The summed E-state index contributed by atoms with van der Waals surface area (Å²) >= 11 is 6.36. The number of anilines is 1. The zero-order chi connectivity index (χ0) is 24.3. The Labute approximate surface area is 209 Å². The topological polar surface area (TPSA) is 83.3 Å². The van der Waals surface area contributed by atoms with Crippen molar-refractivity contribution in [3.8, 4) is 5.69 Å². The molecule has 6 rings (SSSR count). The van der Waals surface area contributed by atoms with Gasteiger partial charge < -0.3 is 9.80 Å². The summed E-state index contributed by atoms with van der Waals surface area (Å²) in [5.41, 5.74) is 3.45. The number of carbonyl (C=O) groups is 1. The van der Waals surface area contributed by atoms with Gasteiger partial charge in [-0.05, 0) is 49.6 Å². The summed E-state index contributed by atoms with van der Waals surface area (Å²) in [5.74, 6) is 3.14. The van der Waals surface area contributed by atoms with Crippen LogP contribution in [-0.4, -0.2) is 74.2 Å². The second kappa shape index (κ2) is 8.27. The lowest BCUT2D eigenvalue weighted by Crippen LogP contribution is -2.62. The molecule has 1 amide bonds. The molecular weight excluding hydrogens is 464 g/mol. The van der Waals surface area contributed by atoms with E-state index in [2.05, 4.69) is 40.6 Å². The molecule has 35 heavy (non-hydrogen) atoms. The number of nitrogens with zero attached hydrogens (tertiary/aromatic N) is 8. The number of carbonyl (C=O) groups excluding carboxylic acids is 1. The fourth-order valence-electron chi connectivity index (χ4n) is 5.72. The Morgan fingerprint density at radius 3 is 2.71 bits per heavy atom. The molecule has 1 aromatic carbocycles. The van der Waals surface area contributed by atoms with Gasteiger partial charge in [0.05, 0.1) is 18.8 Å². The molecule has 9 nitrogen and oxygen atoms in total. The van der Waals surface area contributed by atoms with Crippen LogP contribution in [0.1, 0.15) is 41.7 Å². The number of rotatable bonds is 4. The van der Waals surface area contributed by atoms with E-state index < -0.39 is 0 Å². The van der Waals surface area contributed by atoms with Crippen LogP contribution in [0.15, 0.2) is 30.5 Å². The maximum atomic E-state index is 12.4. The standard InChI is InChI=1S/C25H29ClN8O/c1-16-6-7-27-24(28-16)33-14-25(15-33)9-18(10-25)23-30-29-21-12-32(13-22(35)31(2)3)11-17-8-19(26)4-5-20(17)34(21)23/h4-8,18H,9-15H2,1-3H3. The van der Waals surface area contributed by atoms with Crippen LogP contribution in [0.25, 0.3) is 5.69 Å². The Morgan fingerprint density at radius 1 is 1.17 bits per heavy atom. The smallest absolute Gasteiger partial charge is 0.236 e. The number of aromatic nitrogens is 5. The Balaban J connectivity index is 1.23. The summed E-state index contributed by atoms with van der Waals surface area (Å²) in [7, 11) is 3.56. The van der Waals surface area contributed by atoms with Gasteiger partial charge in [-0.1, -0.05) is 11.6 Å². The van der Waals surface area contributed by atoms with Crippen molar-refractivity contribution < 1.29 is 4.79 Å². The summed E-state index contributed by atoms with van der Waals surface area (Å²) in [6.45, 7) is 5.50. The summed E-state index contributed by atoms with van der Waals surface area (Å²) < 4.78 is 2.21. The largest absolute Gasteiger partial charge is 0.348 e. The highest BCUT2D eigenvalue weighted by Crippen LogP contribution is 2.56. The van der Waals surface area contributed by atoms with Gasteiger partial charge in [-0.3, -0.25) is 14.3 Å². The quantitative estimate of drug-likeness (QED) is 0.553. The van der Waals surface area contributed by atoms with Gasteiger partial charge in [0.25, 0.3) is 0 Å². The maximum absolute atomic E-state index is 12.4. The Morgan fingerprint density at radius 2 is 1.97 bits per heavy atom. The number of likely N-dealkylation sites (N-methyl/N-ethyl adjacent to an activating group) is 1. The molecule has 1 spiro atoms. The highest BCUT2D eigenvalue weighted by Gasteiger charge is 2.54. The predicted octanol–water partition coefficient (Wildman–Crippen LogP) is 2.81. The predicted molar refractivity (Wildman–Crippen MR) is 133 cm³/mol. The van der Waals surface area contributed by atoms with Crippen molar-refractivity contribution in [2.24, 2.45) is 5.41 Å². The molecule has 3 aliphatic rings. The summed E-state index contributed by atoms with van der Waals surface area (Å²) in [5, 5.41) is 9.95. The molecule has 1 saturated carbocycles. The molecule has 2 aromatic heterocycles. The number of halogens is 1. The Kier molecular flexibility index (Phi) is 5.30. The van der Waals surface area contributed by atoms with Crippen molar-refractivity contribution in [3.63, 3.8) is 0 Å². The maximum Gasteiger partial charge on any atom is 0.236 e. The van der Waals surface area contributed by atoms with Gasteiger partial charge in [-0.2, -0.15) is 0 Å². The second-order valence-corrected chi connectivity index (χ2v) is 10.9. The summed E-state index contributed by atoms with van der Waals surface area (Å²) in [6, 6.07) is 7.90. The van der Waals surface area contributed by atoms with Crippen LogP contribution in [0, 0.1) is 12.3 Å². The molecular formula is C25H29ClN8O. The molecule has 2 aliphatic heterocycles. The van der Waals surface area contributed by atoms with Crippen LogP contribution in [-0.2, 0) is 17.9 Å². The number of aryl methyl sites for hydroxylation is 1. The number of hydrogen-bond donors (Lipinski definition) is 0. The van der Waals surface area contributed by atoms with Crippen LogP contribution in [0.5, 0.6) is 0 Å². The lowest BCUT2D eigenvalue weighted by Gasteiger charge is -2.58. The lowest BCUT2D eigenvalue weighted by atomic mass is 9.57. The van der Waals surface area contributed by atoms with Crippen LogP contribution in [0.2, 0.25) is 5.02 Å². The van der Waals surface area contributed by atoms with Gasteiger partial charge in [-0.25, -0.2) is 9.97 Å². The molecule has 0 atom stereocenters. The zero-order valence-corrected chi connectivity index (χ0v) is 21.0. The third-order valence-electron chi connectivity index (χ3n) is 7.50. The molecule has 0 radical (unpaired) electrons. The first-order valence-corrected chi connectivity index (χ1v) is 12.4. The van der Waals surface area contributed by atoms with E-state index in [0.717, 1.165) is 60.5 Å². The highest BCUT2D eigenvalue weighted by atomic mass is 35.5. The second-order valence-electron chi connectivity index (χ2n) is 10.5. The van der Waals surface area contributed by atoms with Crippen LogP contribution < -0.4 is 4.90 Å². The molecule has 0 unspecified atom stereocenters. The SMILES string of the molecule is Cc1ccnc(N2CC3(CC(c4nnc5n4-c4ccc(Cl)cc4CN(CC(=O)N(C)C)C5)C3)C2)n1. The van der Waals surface area contributed by atoms with Gasteiger partial charge in [0.1, 0.15) is 5.82 Å². The van der Waals surface area contributed by atoms with Crippen molar-refractivity contribution in [1.82, 2.24) is 34.5 Å². The average Bonchev–Trinajstić information content (AvgIpc) is 3.08. The lowest BCUT2D eigenvalue weighted by molar-refractivity contribution is -0.130. The third-order valence-corrected chi connectivity index (χ3v) is 7.73. The van der Waals surface area contributed by atoms with E-state index in [9.17, 15) is 4.79 Å². The van der Waals surface area contributed by atoms with Crippen molar-refractivity contribution in [2.75, 3.05) is 38.6 Å². The van der Waals surface area contributed by atoms with Gasteiger partial charge in [-0.15, -0.1) is 10.2 Å². The fraction of sp³-hybridized carbons (Fsp3) is 0.480. The van der Waals surface area contributed by atoms with Gasteiger partial charge >= 0.3 is 0 Å². The first-order chi connectivity index (χ1) is 16.8. The normalized spacial score (nSPS) is 18.9. The monoisotopic (exact) mass is 492 g/mol. The molecule has 10 heteroatoms. The van der Waals surface area contributed by atoms with E-state index in [0.29, 0.717) is 36.0 Å². The third kappa shape index (κ3) is 3.96. The van der Waals surface area contributed by atoms with Gasteiger partial charge in [0, 0.05) is 62.0 Å². The molecule has 1 aliphatic carbocycles. The van der Waals surface area contributed by atoms with Crippen molar-refractivity contribution in [3.05, 3.63) is 58.4 Å². The van der Waals surface area contributed by atoms with Gasteiger partial charge in [0.15, 0.2) is 5.82 Å². The highest BCUT2D eigenvalue weighted by molar-refractivity contribution is 6.30. The van der Waals surface area contributed by atoms with Crippen LogP contribution in [0.3, 0.4) is 0 Å². The molecule has 1 saturated heterocycles. The van der Waals surface area contributed by atoms with Crippen LogP contribution in [0.4, 0.5) is 5.95 Å².